The molecule has 0 bridgehead atoms. The van der Waals surface area contributed by atoms with Gasteiger partial charge in [-0.1, -0.05) is 31.5 Å². The van der Waals surface area contributed by atoms with E-state index < -0.39 is 22.5 Å². The summed E-state index contributed by atoms with van der Waals surface area (Å²) in [6.07, 6.45) is -2.89. The van der Waals surface area contributed by atoms with E-state index in [1.54, 1.807) is 13.8 Å². The second kappa shape index (κ2) is 3.26. The largest absolute Gasteiger partial charge is 0.426 e. The van der Waals surface area contributed by atoms with Crippen LogP contribution in [0.1, 0.15) is 13.8 Å². The zero-order chi connectivity index (χ0) is 11.1. The summed E-state index contributed by atoms with van der Waals surface area (Å²) in [7, 11) is 0. The van der Waals surface area contributed by atoms with Crippen LogP contribution in [0.4, 0.5) is 13.2 Å². The van der Waals surface area contributed by atoms with Crippen LogP contribution in [0, 0.1) is 17.3 Å². The van der Waals surface area contributed by atoms with Crippen molar-refractivity contribution in [3.8, 4) is 0 Å². The molecule has 1 nitrogen and oxygen atoms in total. The quantitative estimate of drug-likeness (QED) is 0.661. The predicted octanol–water partition coefficient (Wildman–Crippen LogP) is 3.14. The van der Waals surface area contributed by atoms with Crippen molar-refractivity contribution >= 4 is 17.9 Å². The third-order valence-corrected chi connectivity index (χ3v) is 3.08. The Morgan fingerprint density at radius 1 is 1.36 bits per heavy atom. The average molecular weight is 227 g/mol. The molecule has 0 aliphatic heterocycles. The normalized spacial score (nSPS) is 31.4. The highest BCUT2D eigenvalue weighted by Crippen LogP contribution is 2.58. The molecule has 0 saturated heterocycles. The van der Waals surface area contributed by atoms with Gasteiger partial charge in [-0.25, -0.2) is 0 Å². The Hall–Kier alpha value is -0.510. The number of hydrogen-bond donors (Lipinski definition) is 0. The molecule has 0 aromatic rings. The van der Waals surface area contributed by atoms with Gasteiger partial charge in [0, 0.05) is 5.92 Å². The van der Waals surface area contributed by atoms with Crippen molar-refractivity contribution in [3.05, 3.63) is 11.1 Å². The van der Waals surface area contributed by atoms with Gasteiger partial charge >= 0.3 is 6.18 Å². The molecule has 0 radical (unpaired) electrons. The van der Waals surface area contributed by atoms with Crippen molar-refractivity contribution in [1.29, 1.82) is 0 Å². The summed E-state index contributed by atoms with van der Waals surface area (Å²) in [5.74, 6) is -0.743. The van der Waals surface area contributed by atoms with Crippen LogP contribution in [0.25, 0.3) is 0 Å². The van der Waals surface area contributed by atoms with Crippen molar-refractivity contribution in [1.82, 2.24) is 0 Å². The topological polar surface area (TPSA) is 17.1 Å². The SMILES string of the molecule is CC1(C)C(C=O)C1C=C(Cl)C(F)(F)F. The van der Waals surface area contributed by atoms with Crippen molar-refractivity contribution in [2.75, 3.05) is 0 Å². The maximum atomic E-state index is 12.0. The minimum atomic E-state index is -4.51. The maximum Gasteiger partial charge on any atom is 0.426 e. The summed E-state index contributed by atoms with van der Waals surface area (Å²) < 4.78 is 36.1. The molecular weight excluding hydrogens is 217 g/mol. The molecule has 0 spiro atoms. The third kappa shape index (κ3) is 1.95. The Morgan fingerprint density at radius 2 is 1.86 bits per heavy atom. The molecule has 5 heteroatoms. The molecule has 1 aliphatic rings. The summed E-state index contributed by atoms with van der Waals surface area (Å²) in [6.45, 7) is 3.49. The fraction of sp³-hybridized carbons (Fsp3) is 0.667. The number of carbonyl (C=O) groups excluding carboxylic acids is 1. The van der Waals surface area contributed by atoms with Crippen molar-refractivity contribution in [2.24, 2.45) is 17.3 Å². The first kappa shape index (κ1) is 11.6. The molecule has 80 valence electrons. The van der Waals surface area contributed by atoms with Crippen LogP contribution in [0.5, 0.6) is 0 Å². The number of aldehydes is 1. The first-order valence-corrected chi connectivity index (χ1v) is 4.49. The summed E-state index contributed by atoms with van der Waals surface area (Å²) >= 11 is 5.06. The first-order chi connectivity index (χ1) is 6.21. The Balaban J connectivity index is 2.77. The molecule has 2 atom stereocenters. The van der Waals surface area contributed by atoms with Gasteiger partial charge in [0.15, 0.2) is 0 Å². The van der Waals surface area contributed by atoms with E-state index in [9.17, 15) is 18.0 Å². The third-order valence-electron chi connectivity index (χ3n) is 2.74. The number of carbonyl (C=O) groups is 1. The van der Waals surface area contributed by atoms with Gasteiger partial charge in [0.1, 0.15) is 11.3 Å². The van der Waals surface area contributed by atoms with Gasteiger partial charge in [0.25, 0.3) is 0 Å². The molecule has 2 unspecified atom stereocenters. The lowest BCUT2D eigenvalue weighted by atomic mass is 10.1. The summed E-state index contributed by atoms with van der Waals surface area (Å²) in [6, 6.07) is 0. The molecular formula is C9H10ClF3O. The fourth-order valence-corrected chi connectivity index (χ4v) is 1.68. The Labute approximate surface area is 84.9 Å². The summed E-state index contributed by atoms with van der Waals surface area (Å²) in [4.78, 5) is 10.5. The lowest BCUT2D eigenvalue weighted by molar-refractivity contribution is -0.109. The van der Waals surface area contributed by atoms with Crippen LogP contribution in [0.15, 0.2) is 11.1 Å². The van der Waals surface area contributed by atoms with E-state index in [1.165, 1.54) is 0 Å². The molecule has 0 amide bonds. The Kier molecular flexibility index (Phi) is 2.69. The maximum absolute atomic E-state index is 12.0. The molecule has 1 fully saturated rings. The van der Waals surface area contributed by atoms with Gasteiger partial charge in [0.05, 0.1) is 0 Å². The molecule has 0 heterocycles. The average Bonchev–Trinajstić information content (AvgIpc) is 2.51. The highest BCUT2D eigenvalue weighted by atomic mass is 35.5. The van der Waals surface area contributed by atoms with Gasteiger partial charge < -0.3 is 4.79 Å². The zero-order valence-corrected chi connectivity index (χ0v) is 8.49. The van der Waals surface area contributed by atoms with Crippen LogP contribution >= 0.6 is 11.6 Å². The van der Waals surface area contributed by atoms with Crippen LogP contribution in [0.2, 0.25) is 0 Å². The molecule has 1 aliphatic carbocycles. The van der Waals surface area contributed by atoms with Gasteiger partial charge in [-0.15, -0.1) is 0 Å². The minimum absolute atomic E-state index is 0.349. The molecule has 0 aromatic carbocycles. The van der Waals surface area contributed by atoms with E-state index in [2.05, 4.69) is 0 Å². The van der Waals surface area contributed by atoms with Crippen molar-refractivity contribution < 1.29 is 18.0 Å². The van der Waals surface area contributed by atoms with Gasteiger partial charge in [0.2, 0.25) is 0 Å². The molecule has 1 rings (SSSR count). The summed E-state index contributed by atoms with van der Waals surface area (Å²) in [5.41, 5.74) is -0.396. The van der Waals surface area contributed by atoms with Crippen LogP contribution in [-0.4, -0.2) is 12.5 Å². The van der Waals surface area contributed by atoms with E-state index >= 15 is 0 Å². The van der Waals surface area contributed by atoms with Gasteiger partial charge in [-0.3, -0.25) is 0 Å². The first-order valence-electron chi connectivity index (χ1n) is 4.11. The van der Waals surface area contributed by atoms with Gasteiger partial charge in [-0.05, 0) is 11.3 Å². The second-order valence-corrected chi connectivity index (χ2v) is 4.43. The highest BCUT2D eigenvalue weighted by molar-refractivity contribution is 6.30. The fourth-order valence-electron chi connectivity index (χ4n) is 1.55. The van der Waals surface area contributed by atoms with E-state index in [1.807, 2.05) is 0 Å². The number of allylic oxidation sites excluding steroid dienone is 2. The van der Waals surface area contributed by atoms with E-state index in [0.717, 1.165) is 6.08 Å². The Morgan fingerprint density at radius 3 is 2.14 bits per heavy atom. The second-order valence-electron chi connectivity index (χ2n) is 4.02. The van der Waals surface area contributed by atoms with Crippen molar-refractivity contribution in [2.45, 2.75) is 20.0 Å². The molecule has 14 heavy (non-hydrogen) atoms. The van der Waals surface area contributed by atoms with E-state index in [0.29, 0.717) is 6.29 Å². The monoisotopic (exact) mass is 226 g/mol. The molecule has 0 N–H and O–H groups in total. The zero-order valence-electron chi connectivity index (χ0n) is 7.73. The number of alkyl halides is 3. The number of hydrogen-bond acceptors (Lipinski definition) is 1. The lowest BCUT2D eigenvalue weighted by Crippen LogP contribution is -2.07. The highest BCUT2D eigenvalue weighted by Gasteiger charge is 2.57. The minimum Gasteiger partial charge on any atom is -0.303 e. The van der Waals surface area contributed by atoms with E-state index in [4.69, 9.17) is 11.6 Å². The molecule has 1 saturated carbocycles. The van der Waals surface area contributed by atoms with Crippen molar-refractivity contribution in [3.63, 3.8) is 0 Å². The Bertz CT molecular complexity index is 280. The summed E-state index contributed by atoms with van der Waals surface area (Å²) in [5, 5.41) is -1.14. The number of rotatable bonds is 2. The smallest absolute Gasteiger partial charge is 0.303 e. The van der Waals surface area contributed by atoms with Crippen LogP contribution in [0.3, 0.4) is 0 Å². The molecule has 0 aromatic heterocycles. The standard InChI is InChI=1S/C9H10ClF3O/c1-8(2)5(6(8)4-14)3-7(10)9(11,12)13/h3-6H,1-2H3. The van der Waals surface area contributed by atoms with Gasteiger partial charge in [-0.2, -0.15) is 13.2 Å². The number of halogens is 4. The lowest BCUT2D eigenvalue weighted by Gasteiger charge is -2.04. The van der Waals surface area contributed by atoms with Crippen LogP contribution in [-0.2, 0) is 4.79 Å². The van der Waals surface area contributed by atoms with Crippen LogP contribution < -0.4 is 0 Å². The predicted molar refractivity (Wildman–Crippen MR) is 46.8 cm³/mol. The van der Waals surface area contributed by atoms with E-state index in [-0.39, 0.29) is 5.92 Å².